The molecule has 0 aliphatic heterocycles. The highest BCUT2D eigenvalue weighted by atomic mass is 14.8. The van der Waals surface area contributed by atoms with Gasteiger partial charge in [-0.1, -0.05) is 133 Å². The Morgan fingerprint density at radius 2 is 0.804 bits per heavy atom. The van der Waals surface area contributed by atoms with Gasteiger partial charge in [0, 0.05) is 22.5 Å². The minimum absolute atomic E-state index is 0.932. The predicted octanol–water partition coefficient (Wildman–Crippen LogP) is 11.9. The molecule has 0 unspecified atom stereocenters. The van der Waals surface area contributed by atoms with Crippen LogP contribution in [0.1, 0.15) is 0 Å². The number of fused-ring (bicyclic) bond motifs is 11. The van der Waals surface area contributed by atoms with Crippen LogP contribution in [0.25, 0.3) is 98.1 Å². The van der Waals surface area contributed by atoms with E-state index in [0.29, 0.717) is 0 Å². The number of nitrogens with zero attached hydrogens (tertiary/aromatic N) is 2. The topological polar surface area (TPSA) is 25.8 Å². The van der Waals surface area contributed by atoms with Gasteiger partial charge in [-0.2, -0.15) is 0 Å². The van der Waals surface area contributed by atoms with Crippen molar-refractivity contribution in [2.75, 3.05) is 0 Å². The van der Waals surface area contributed by atoms with E-state index < -0.39 is 0 Å². The van der Waals surface area contributed by atoms with Crippen LogP contribution in [0.2, 0.25) is 0 Å². The van der Waals surface area contributed by atoms with Gasteiger partial charge in [0.05, 0.1) is 16.7 Å². The first-order valence-corrected chi connectivity index (χ1v) is 15.8. The van der Waals surface area contributed by atoms with Gasteiger partial charge in [-0.25, -0.2) is 4.98 Å². The van der Waals surface area contributed by atoms with E-state index in [1.54, 1.807) is 0 Å². The lowest BCUT2D eigenvalue weighted by atomic mass is 9.85. The fraction of sp³-hybridized carbons (Fsp3) is 0. The first-order chi connectivity index (χ1) is 22.8. The van der Waals surface area contributed by atoms with Crippen molar-refractivity contribution in [1.29, 1.82) is 0 Å². The SMILES string of the molecule is c1cnc2c(c1)ccc1ccc(-c3c4ccccc4c(-c4ccc5c6ccccc6c6ccccc6c5c4)c4ccccc34)nc12. The van der Waals surface area contributed by atoms with Crippen molar-refractivity contribution in [3.8, 4) is 22.4 Å². The van der Waals surface area contributed by atoms with Crippen LogP contribution in [-0.2, 0) is 0 Å². The van der Waals surface area contributed by atoms with E-state index in [2.05, 4.69) is 146 Å². The largest absolute Gasteiger partial charge is 0.254 e. The van der Waals surface area contributed by atoms with Gasteiger partial charge < -0.3 is 0 Å². The summed E-state index contributed by atoms with van der Waals surface area (Å²) in [6, 6.07) is 54.9. The molecule has 0 atom stereocenters. The van der Waals surface area contributed by atoms with E-state index in [0.717, 1.165) is 33.1 Å². The highest BCUT2D eigenvalue weighted by Crippen LogP contribution is 2.45. The third-order valence-corrected chi connectivity index (χ3v) is 9.65. The van der Waals surface area contributed by atoms with Crippen molar-refractivity contribution in [1.82, 2.24) is 9.97 Å². The maximum Gasteiger partial charge on any atom is 0.0972 e. The lowest BCUT2D eigenvalue weighted by molar-refractivity contribution is 1.38. The first kappa shape index (κ1) is 25.2. The van der Waals surface area contributed by atoms with E-state index in [4.69, 9.17) is 9.97 Å². The van der Waals surface area contributed by atoms with E-state index in [9.17, 15) is 0 Å². The molecule has 2 aromatic heterocycles. The highest BCUT2D eigenvalue weighted by Gasteiger charge is 2.19. The molecule has 10 rings (SSSR count). The molecule has 8 aromatic carbocycles. The molecule has 2 heteroatoms. The number of benzene rings is 8. The van der Waals surface area contributed by atoms with E-state index >= 15 is 0 Å². The molecule has 0 spiro atoms. The zero-order valence-corrected chi connectivity index (χ0v) is 24.9. The van der Waals surface area contributed by atoms with Gasteiger partial charge in [-0.05, 0) is 83.2 Å². The van der Waals surface area contributed by atoms with Crippen LogP contribution >= 0.6 is 0 Å². The molecule has 2 heterocycles. The fourth-order valence-electron chi connectivity index (χ4n) is 7.64. The van der Waals surface area contributed by atoms with Gasteiger partial charge in [0.1, 0.15) is 0 Å². The summed E-state index contributed by atoms with van der Waals surface area (Å²) in [5.74, 6) is 0. The molecule has 0 saturated heterocycles. The Morgan fingerprint density at radius 3 is 1.41 bits per heavy atom. The zero-order chi connectivity index (χ0) is 30.2. The van der Waals surface area contributed by atoms with Crippen LogP contribution < -0.4 is 0 Å². The molecule has 0 fully saturated rings. The summed E-state index contributed by atoms with van der Waals surface area (Å²) in [6.45, 7) is 0. The first-order valence-electron chi connectivity index (χ1n) is 15.8. The van der Waals surface area contributed by atoms with Crippen LogP contribution in [-0.4, -0.2) is 9.97 Å². The number of hydrogen-bond acceptors (Lipinski definition) is 2. The normalized spacial score (nSPS) is 11.9. The van der Waals surface area contributed by atoms with Crippen LogP contribution in [0.5, 0.6) is 0 Å². The summed E-state index contributed by atoms with van der Waals surface area (Å²) in [7, 11) is 0. The molecule has 10 aromatic rings. The second-order valence-corrected chi connectivity index (χ2v) is 12.1. The minimum atomic E-state index is 0.932. The van der Waals surface area contributed by atoms with Crippen molar-refractivity contribution in [2.24, 2.45) is 0 Å². The number of hydrogen-bond donors (Lipinski definition) is 0. The van der Waals surface area contributed by atoms with Crippen LogP contribution in [0, 0.1) is 0 Å². The Bertz CT molecular complexity index is 2770. The summed E-state index contributed by atoms with van der Waals surface area (Å²) in [5, 5.41) is 14.7. The summed E-state index contributed by atoms with van der Waals surface area (Å²) in [5.41, 5.74) is 6.45. The van der Waals surface area contributed by atoms with Crippen molar-refractivity contribution in [2.45, 2.75) is 0 Å². The van der Waals surface area contributed by atoms with Crippen LogP contribution in [0.15, 0.2) is 158 Å². The lowest BCUT2D eigenvalue weighted by Gasteiger charge is -2.18. The second kappa shape index (κ2) is 9.69. The average molecular weight is 583 g/mol. The third-order valence-electron chi connectivity index (χ3n) is 9.65. The fourth-order valence-corrected chi connectivity index (χ4v) is 7.64. The highest BCUT2D eigenvalue weighted by molar-refractivity contribution is 6.27. The van der Waals surface area contributed by atoms with Gasteiger partial charge >= 0.3 is 0 Å². The standard InChI is InChI=1S/C44H26N2/c1-2-13-32-30(11-1)31-12-3-4-14-33(31)39-26-29(21-23-34(32)39)41-35-15-5-7-17-37(35)42(38-18-8-6-16-36(38)41)40-24-22-28-20-19-27-10-9-25-45-43(27)44(28)46-40/h1-26H. The molecule has 46 heavy (non-hydrogen) atoms. The summed E-state index contributed by atoms with van der Waals surface area (Å²) >= 11 is 0. The van der Waals surface area contributed by atoms with E-state index in [1.807, 2.05) is 12.3 Å². The third kappa shape index (κ3) is 3.59. The lowest BCUT2D eigenvalue weighted by Crippen LogP contribution is -1.94. The Hall–Kier alpha value is -6.12. The molecule has 0 N–H and O–H groups in total. The van der Waals surface area contributed by atoms with Gasteiger partial charge in [0.25, 0.3) is 0 Å². The Balaban J connectivity index is 1.30. The summed E-state index contributed by atoms with van der Waals surface area (Å²) in [6.07, 6.45) is 1.85. The molecule has 0 aliphatic rings. The van der Waals surface area contributed by atoms with Gasteiger partial charge in [0.15, 0.2) is 0 Å². The molecule has 212 valence electrons. The number of pyridine rings is 2. The molecule has 0 saturated carbocycles. The molecule has 2 nitrogen and oxygen atoms in total. The summed E-state index contributed by atoms with van der Waals surface area (Å²) in [4.78, 5) is 10.0. The van der Waals surface area contributed by atoms with E-state index in [1.165, 1.54) is 65.0 Å². The van der Waals surface area contributed by atoms with Crippen LogP contribution in [0.3, 0.4) is 0 Å². The Kier molecular flexibility index (Phi) is 5.31. The molecule has 0 radical (unpaired) electrons. The Labute approximate surface area is 265 Å². The Morgan fingerprint density at radius 1 is 0.326 bits per heavy atom. The average Bonchev–Trinajstić information content (AvgIpc) is 3.13. The van der Waals surface area contributed by atoms with Gasteiger partial charge in [0.2, 0.25) is 0 Å². The predicted molar refractivity (Wildman–Crippen MR) is 195 cm³/mol. The number of aromatic nitrogens is 2. The molecule has 0 amide bonds. The van der Waals surface area contributed by atoms with E-state index in [-0.39, 0.29) is 0 Å². The van der Waals surface area contributed by atoms with Gasteiger partial charge in [-0.3, -0.25) is 4.98 Å². The van der Waals surface area contributed by atoms with Crippen molar-refractivity contribution in [3.05, 3.63) is 158 Å². The van der Waals surface area contributed by atoms with Gasteiger partial charge in [-0.15, -0.1) is 0 Å². The second-order valence-electron chi connectivity index (χ2n) is 12.1. The quantitative estimate of drug-likeness (QED) is 0.150. The minimum Gasteiger partial charge on any atom is -0.254 e. The van der Waals surface area contributed by atoms with Crippen LogP contribution in [0.4, 0.5) is 0 Å². The zero-order valence-electron chi connectivity index (χ0n) is 24.9. The van der Waals surface area contributed by atoms with Crippen molar-refractivity contribution in [3.63, 3.8) is 0 Å². The number of rotatable bonds is 2. The molecular weight excluding hydrogens is 556 g/mol. The monoisotopic (exact) mass is 582 g/mol. The maximum absolute atomic E-state index is 5.32. The molecular formula is C44H26N2. The molecule has 0 bridgehead atoms. The summed E-state index contributed by atoms with van der Waals surface area (Å²) < 4.78 is 0. The molecule has 0 aliphatic carbocycles. The maximum atomic E-state index is 5.32. The van der Waals surface area contributed by atoms with Crippen molar-refractivity contribution >= 4 is 75.7 Å². The smallest absolute Gasteiger partial charge is 0.0972 e. The van der Waals surface area contributed by atoms with Crippen molar-refractivity contribution < 1.29 is 0 Å².